The number of nitrogens with zero attached hydrogens (tertiary/aromatic N) is 6. The summed E-state index contributed by atoms with van der Waals surface area (Å²) in [6.45, 7) is 6.25. The Bertz CT molecular complexity index is 959. The summed E-state index contributed by atoms with van der Waals surface area (Å²) in [6.07, 6.45) is 9.84. The van der Waals surface area contributed by atoms with Crippen LogP contribution in [0, 0.1) is 0 Å². The second kappa shape index (κ2) is 8.32. The van der Waals surface area contributed by atoms with Gasteiger partial charge >= 0.3 is 0 Å². The van der Waals surface area contributed by atoms with E-state index >= 15 is 0 Å². The maximum Gasteiger partial charge on any atom is 0.273 e. The number of hydrogen-bond acceptors (Lipinski definition) is 8. The molecule has 0 radical (unpaired) electrons. The van der Waals surface area contributed by atoms with Gasteiger partial charge in [-0.05, 0) is 25.7 Å². The van der Waals surface area contributed by atoms with Crippen molar-refractivity contribution in [1.29, 1.82) is 0 Å². The summed E-state index contributed by atoms with van der Waals surface area (Å²) in [6, 6.07) is 0. The number of carbonyl (C=O) groups excluding carboxylic acids is 1. The number of rotatable bonds is 5. The number of aromatic nitrogens is 4. The Morgan fingerprint density at radius 1 is 1.00 bits per heavy atom. The summed E-state index contributed by atoms with van der Waals surface area (Å²) in [5.41, 5.74) is 5.18. The van der Waals surface area contributed by atoms with Crippen LogP contribution in [0.2, 0.25) is 0 Å². The molecule has 4 aliphatic rings. The zero-order chi connectivity index (χ0) is 21.5. The lowest BCUT2D eigenvalue weighted by Gasteiger charge is -2.41. The molecule has 3 saturated heterocycles. The van der Waals surface area contributed by atoms with E-state index in [1.807, 2.05) is 17.1 Å². The number of carbonyl (C=O) groups is 1. The molecule has 3 fully saturated rings. The highest BCUT2D eigenvalue weighted by molar-refractivity contribution is 5.93. The highest BCUT2D eigenvalue weighted by atomic mass is 16.5. The minimum Gasteiger partial charge on any atom is -0.381 e. The van der Waals surface area contributed by atoms with E-state index in [2.05, 4.69) is 35.5 Å². The normalized spacial score (nSPS) is 24.7. The second-order valence-electron chi connectivity index (χ2n) is 9.29. The number of hydrogen-bond donors (Lipinski definition) is 2. The molecule has 0 saturated carbocycles. The third-order valence-corrected chi connectivity index (χ3v) is 7.09. The standard InChI is InChI=1S/C22H30N8O2/c31-22-18-11-25-21(15-3-7-32-8-4-15)30(18)27-19(26-22)14-28-12-16(13-28)20-23-9-17(10-24-20)29-5-1-2-6-29/h9-11,15-16,19,27H,1-8,12-14H2,(H,26,31). The molecule has 0 bridgehead atoms. The van der Waals surface area contributed by atoms with Crippen LogP contribution in [0.25, 0.3) is 0 Å². The van der Waals surface area contributed by atoms with Crippen LogP contribution < -0.4 is 15.6 Å². The Kier molecular flexibility index (Phi) is 5.18. The van der Waals surface area contributed by atoms with E-state index in [0.717, 1.165) is 76.1 Å². The van der Waals surface area contributed by atoms with Crippen molar-refractivity contribution in [1.82, 2.24) is 29.8 Å². The molecule has 2 N–H and O–H groups in total. The van der Waals surface area contributed by atoms with Crippen LogP contribution in [-0.2, 0) is 4.74 Å². The summed E-state index contributed by atoms with van der Waals surface area (Å²) in [7, 11) is 0. The number of ether oxygens (including phenoxy) is 1. The second-order valence-corrected chi connectivity index (χ2v) is 9.29. The lowest BCUT2D eigenvalue weighted by atomic mass is 9.99. The SMILES string of the molecule is O=C1NC(CN2CC(c3ncc(N4CCCC4)cn3)C2)Nn2c1cnc2C1CCOCC1. The Hall–Kier alpha value is -2.72. The van der Waals surface area contributed by atoms with Crippen LogP contribution in [0.3, 0.4) is 0 Å². The van der Waals surface area contributed by atoms with Crippen LogP contribution >= 0.6 is 0 Å². The molecule has 6 heterocycles. The fourth-order valence-electron chi connectivity index (χ4n) is 5.23. The van der Waals surface area contributed by atoms with Crippen molar-refractivity contribution in [3.63, 3.8) is 0 Å². The zero-order valence-corrected chi connectivity index (χ0v) is 18.2. The van der Waals surface area contributed by atoms with Crippen LogP contribution in [0.1, 0.15) is 59.7 Å². The molecule has 170 valence electrons. The van der Waals surface area contributed by atoms with Crippen molar-refractivity contribution >= 4 is 11.6 Å². The van der Waals surface area contributed by atoms with Gasteiger partial charge in [0, 0.05) is 57.8 Å². The van der Waals surface area contributed by atoms with Gasteiger partial charge in [0.15, 0.2) is 0 Å². The van der Waals surface area contributed by atoms with E-state index in [0.29, 0.717) is 17.5 Å². The van der Waals surface area contributed by atoms with Crippen molar-refractivity contribution in [2.75, 3.05) is 56.3 Å². The van der Waals surface area contributed by atoms with Gasteiger partial charge in [0.1, 0.15) is 23.5 Å². The number of amides is 1. The van der Waals surface area contributed by atoms with Gasteiger partial charge in [0.05, 0.1) is 24.3 Å². The van der Waals surface area contributed by atoms with Crippen molar-refractivity contribution in [3.05, 3.63) is 35.9 Å². The number of fused-ring (bicyclic) bond motifs is 1. The van der Waals surface area contributed by atoms with Gasteiger partial charge in [-0.25, -0.2) is 19.6 Å². The lowest BCUT2D eigenvalue weighted by molar-refractivity contribution is 0.0809. The fourth-order valence-corrected chi connectivity index (χ4v) is 5.23. The molecule has 1 amide bonds. The topological polar surface area (TPSA) is 100 Å². The quantitative estimate of drug-likeness (QED) is 0.710. The molecule has 2 aromatic rings. The monoisotopic (exact) mass is 438 g/mol. The van der Waals surface area contributed by atoms with E-state index in [1.165, 1.54) is 12.8 Å². The molecule has 10 nitrogen and oxygen atoms in total. The summed E-state index contributed by atoms with van der Waals surface area (Å²) in [5, 5.41) is 3.07. The number of nitrogens with one attached hydrogen (secondary N) is 2. The Labute approximate surface area is 187 Å². The van der Waals surface area contributed by atoms with Gasteiger partial charge in [0.2, 0.25) is 0 Å². The van der Waals surface area contributed by atoms with Gasteiger partial charge in [-0.15, -0.1) is 0 Å². The largest absolute Gasteiger partial charge is 0.381 e. The Morgan fingerprint density at radius 3 is 2.50 bits per heavy atom. The number of likely N-dealkylation sites (tertiary alicyclic amines) is 1. The molecule has 10 heteroatoms. The highest BCUT2D eigenvalue weighted by Crippen LogP contribution is 2.28. The maximum atomic E-state index is 12.6. The Morgan fingerprint density at radius 2 is 1.75 bits per heavy atom. The molecule has 0 aliphatic carbocycles. The van der Waals surface area contributed by atoms with Crippen LogP contribution in [-0.4, -0.2) is 82.5 Å². The van der Waals surface area contributed by atoms with Crippen LogP contribution in [0.15, 0.2) is 18.6 Å². The molecular weight excluding hydrogens is 408 g/mol. The van der Waals surface area contributed by atoms with Gasteiger partial charge in [-0.2, -0.15) is 0 Å². The smallest absolute Gasteiger partial charge is 0.273 e. The van der Waals surface area contributed by atoms with Gasteiger partial charge < -0.3 is 20.4 Å². The molecule has 6 rings (SSSR count). The molecule has 1 atom stereocenters. The maximum absolute atomic E-state index is 12.6. The molecule has 0 aromatic carbocycles. The predicted octanol–water partition coefficient (Wildman–Crippen LogP) is 0.880. The summed E-state index contributed by atoms with van der Waals surface area (Å²) in [4.78, 5) is 31.1. The molecular formula is C22H30N8O2. The molecule has 1 unspecified atom stereocenters. The van der Waals surface area contributed by atoms with E-state index < -0.39 is 0 Å². The lowest BCUT2D eigenvalue weighted by Crippen LogP contribution is -2.59. The van der Waals surface area contributed by atoms with E-state index in [9.17, 15) is 4.79 Å². The third kappa shape index (κ3) is 3.71. The van der Waals surface area contributed by atoms with E-state index in [4.69, 9.17) is 4.74 Å². The molecule has 32 heavy (non-hydrogen) atoms. The summed E-state index contributed by atoms with van der Waals surface area (Å²) >= 11 is 0. The summed E-state index contributed by atoms with van der Waals surface area (Å²) < 4.78 is 7.38. The average molecular weight is 439 g/mol. The van der Waals surface area contributed by atoms with Crippen molar-refractivity contribution in [3.8, 4) is 0 Å². The Balaban J connectivity index is 1.06. The van der Waals surface area contributed by atoms with Gasteiger partial charge in [0.25, 0.3) is 5.91 Å². The van der Waals surface area contributed by atoms with Crippen LogP contribution in [0.4, 0.5) is 5.69 Å². The van der Waals surface area contributed by atoms with E-state index in [1.54, 1.807) is 6.20 Å². The third-order valence-electron chi connectivity index (χ3n) is 7.09. The first kappa shape index (κ1) is 19.9. The van der Waals surface area contributed by atoms with Gasteiger partial charge in [-0.3, -0.25) is 9.69 Å². The first-order chi connectivity index (χ1) is 15.7. The van der Waals surface area contributed by atoms with E-state index in [-0.39, 0.29) is 12.1 Å². The van der Waals surface area contributed by atoms with Crippen molar-refractivity contribution < 1.29 is 9.53 Å². The predicted molar refractivity (Wildman–Crippen MR) is 118 cm³/mol. The number of anilines is 1. The minimum absolute atomic E-state index is 0.0718. The number of imidazole rings is 1. The molecule has 4 aliphatic heterocycles. The van der Waals surface area contributed by atoms with Crippen LogP contribution in [0.5, 0.6) is 0 Å². The van der Waals surface area contributed by atoms with Crippen molar-refractivity contribution in [2.45, 2.75) is 43.7 Å². The highest BCUT2D eigenvalue weighted by Gasteiger charge is 2.35. The summed E-state index contributed by atoms with van der Waals surface area (Å²) in [5.74, 6) is 2.46. The average Bonchev–Trinajstić information content (AvgIpc) is 3.47. The van der Waals surface area contributed by atoms with Crippen molar-refractivity contribution in [2.24, 2.45) is 0 Å². The molecule has 2 aromatic heterocycles. The minimum atomic E-state index is -0.151. The van der Waals surface area contributed by atoms with Gasteiger partial charge in [-0.1, -0.05) is 0 Å². The first-order valence-corrected chi connectivity index (χ1v) is 11.8. The molecule has 0 spiro atoms. The zero-order valence-electron chi connectivity index (χ0n) is 18.2. The fraction of sp³-hybridized carbons (Fsp3) is 0.636. The first-order valence-electron chi connectivity index (χ1n) is 11.8.